The van der Waals surface area contributed by atoms with Gasteiger partial charge in [-0.2, -0.15) is 0 Å². The van der Waals surface area contributed by atoms with Crippen molar-refractivity contribution < 1.29 is 9.18 Å². The zero-order valence-corrected chi connectivity index (χ0v) is 11.6. The molecule has 0 aliphatic carbocycles. The van der Waals surface area contributed by atoms with E-state index in [2.05, 4.69) is 10.6 Å². The van der Waals surface area contributed by atoms with E-state index < -0.39 is 0 Å². The Morgan fingerprint density at radius 1 is 1.37 bits per heavy atom. The first-order valence-corrected chi connectivity index (χ1v) is 6.46. The van der Waals surface area contributed by atoms with Crippen LogP contribution in [-0.4, -0.2) is 25.5 Å². The van der Waals surface area contributed by atoms with Crippen LogP contribution in [0.4, 0.5) is 4.39 Å². The van der Waals surface area contributed by atoms with Crippen molar-refractivity contribution in [2.75, 3.05) is 19.6 Å². The standard InChI is InChI=1S/C14H19FN2O.ClH/c15-13-4-1-11(2-5-13)3-6-14(18)17-10-12-7-8-16-9-12;/h1-2,4-5,12,16H,3,6-10H2,(H,17,18);1H. The summed E-state index contributed by atoms with van der Waals surface area (Å²) in [6, 6.07) is 6.31. The average molecular weight is 287 g/mol. The monoisotopic (exact) mass is 286 g/mol. The number of benzene rings is 1. The molecule has 19 heavy (non-hydrogen) atoms. The Hall–Kier alpha value is -1.13. The molecule has 1 amide bonds. The summed E-state index contributed by atoms with van der Waals surface area (Å²) in [7, 11) is 0. The highest BCUT2D eigenvalue weighted by atomic mass is 35.5. The van der Waals surface area contributed by atoms with Crippen LogP contribution in [0.2, 0.25) is 0 Å². The molecule has 5 heteroatoms. The maximum atomic E-state index is 12.7. The Morgan fingerprint density at radius 2 is 2.11 bits per heavy atom. The third-order valence-electron chi connectivity index (χ3n) is 3.30. The molecule has 1 unspecified atom stereocenters. The Kier molecular flexibility index (Phi) is 6.81. The summed E-state index contributed by atoms with van der Waals surface area (Å²) in [6.07, 6.45) is 2.26. The first-order chi connectivity index (χ1) is 8.74. The summed E-state index contributed by atoms with van der Waals surface area (Å²) in [5.41, 5.74) is 0.995. The summed E-state index contributed by atoms with van der Waals surface area (Å²) < 4.78 is 12.7. The number of hydrogen-bond donors (Lipinski definition) is 2. The van der Waals surface area contributed by atoms with Gasteiger partial charge in [0, 0.05) is 13.0 Å². The minimum atomic E-state index is -0.239. The van der Waals surface area contributed by atoms with Gasteiger partial charge in [-0.1, -0.05) is 12.1 Å². The summed E-state index contributed by atoms with van der Waals surface area (Å²) in [5, 5.41) is 6.23. The van der Waals surface area contributed by atoms with Gasteiger partial charge in [0.15, 0.2) is 0 Å². The maximum absolute atomic E-state index is 12.7. The van der Waals surface area contributed by atoms with Gasteiger partial charge in [0.25, 0.3) is 0 Å². The van der Waals surface area contributed by atoms with Crippen LogP contribution in [0.3, 0.4) is 0 Å². The lowest BCUT2D eigenvalue weighted by Crippen LogP contribution is -2.30. The van der Waals surface area contributed by atoms with E-state index in [9.17, 15) is 9.18 Å². The molecule has 0 radical (unpaired) electrons. The zero-order chi connectivity index (χ0) is 12.8. The fraction of sp³-hybridized carbons (Fsp3) is 0.500. The largest absolute Gasteiger partial charge is 0.356 e. The number of aryl methyl sites for hydroxylation is 1. The molecule has 2 rings (SSSR count). The number of halogens is 2. The zero-order valence-electron chi connectivity index (χ0n) is 10.8. The van der Waals surface area contributed by atoms with Gasteiger partial charge in [-0.25, -0.2) is 4.39 Å². The van der Waals surface area contributed by atoms with E-state index >= 15 is 0 Å². The van der Waals surface area contributed by atoms with E-state index in [-0.39, 0.29) is 24.1 Å². The quantitative estimate of drug-likeness (QED) is 0.868. The number of carbonyl (C=O) groups is 1. The number of carbonyl (C=O) groups excluding carboxylic acids is 1. The second-order valence-electron chi connectivity index (χ2n) is 4.79. The average Bonchev–Trinajstić information content (AvgIpc) is 2.89. The van der Waals surface area contributed by atoms with Crippen LogP contribution in [0.25, 0.3) is 0 Å². The lowest BCUT2D eigenvalue weighted by atomic mass is 10.1. The highest BCUT2D eigenvalue weighted by Crippen LogP contribution is 2.07. The Balaban J connectivity index is 0.00000180. The third-order valence-corrected chi connectivity index (χ3v) is 3.30. The molecule has 1 fully saturated rings. The van der Waals surface area contributed by atoms with Crippen molar-refractivity contribution >= 4 is 18.3 Å². The van der Waals surface area contributed by atoms with Crippen LogP contribution in [0.1, 0.15) is 18.4 Å². The summed E-state index contributed by atoms with van der Waals surface area (Å²) >= 11 is 0. The predicted molar refractivity (Wildman–Crippen MR) is 76.0 cm³/mol. The van der Waals surface area contributed by atoms with Crippen molar-refractivity contribution in [1.29, 1.82) is 0 Å². The molecule has 106 valence electrons. The Labute approximate surface area is 119 Å². The van der Waals surface area contributed by atoms with Gasteiger partial charge in [0.05, 0.1) is 0 Å². The minimum absolute atomic E-state index is 0. The maximum Gasteiger partial charge on any atom is 0.220 e. The molecule has 1 aromatic carbocycles. The number of hydrogen-bond acceptors (Lipinski definition) is 2. The molecule has 2 N–H and O–H groups in total. The molecule has 1 saturated heterocycles. The van der Waals surface area contributed by atoms with E-state index in [1.54, 1.807) is 12.1 Å². The highest BCUT2D eigenvalue weighted by Gasteiger charge is 2.14. The number of amides is 1. The molecule has 3 nitrogen and oxygen atoms in total. The fourth-order valence-corrected chi connectivity index (χ4v) is 2.14. The third kappa shape index (κ3) is 5.57. The smallest absolute Gasteiger partial charge is 0.220 e. The van der Waals surface area contributed by atoms with Crippen molar-refractivity contribution in [1.82, 2.24) is 10.6 Å². The van der Waals surface area contributed by atoms with E-state index in [4.69, 9.17) is 0 Å². The highest BCUT2D eigenvalue weighted by molar-refractivity contribution is 5.85. The van der Waals surface area contributed by atoms with Crippen LogP contribution in [0.15, 0.2) is 24.3 Å². The molecule has 1 aliphatic rings. The van der Waals surface area contributed by atoms with Gasteiger partial charge in [-0.05, 0) is 49.5 Å². The summed E-state index contributed by atoms with van der Waals surface area (Å²) in [5.74, 6) is 0.405. The van der Waals surface area contributed by atoms with Crippen molar-refractivity contribution in [2.24, 2.45) is 5.92 Å². The summed E-state index contributed by atoms with van der Waals surface area (Å²) in [4.78, 5) is 11.6. The second kappa shape index (κ2) is 8.12. The molecule has 1 aliphatic heterocycles. The second-order valence-corrected chi connectivity index (χ2v) is 4.79. The van der Waals surface area contributed by atoms with Crippen molar-refractivity contribution in [3.05, 3.63) is 35.6 Å². The van der Waals surface area contributed by atoms with Gasteiger partial charge in [-0.15, -0.1) is 12.4 Å². The van der Waals surface area contributed by atoms with Crippen molar-refractivity contribution in [3.63, 3.8) is 0 Å². The van der Waals surface area contributed by atoms with Gasteiger partial charge in [0.2, 0.25) is 5.91 Å². The molecule has 0 aromatic heterocycles. The van der Waals surface area contributed by atoms with E-state index in [0.717, 1.165) is 31.6 Å². The fourth-order valence-electron chi connectivity index (χ4n) is 2.14. The van der Waals surface area contributed by atoms with Gasteiger partial charge in [0.1, 0.15) is 5.82 Å². The lowest BCUT2D eigenvalue weighted by Gasteiger charge is -2.09. The molecule has 0 bridgehead atoms. The first kappa shape index (κ1) is 15.9. The lowest BCUT2D eigenvalue weighted by molar-refractivity contribution is -0.121. The van der Waals surface area contributed by atoms with Crippen LogP contribution in [-0.2, 0) is 11.2 Å². The topological polar surface area (TPSA) is 41.1 Å². The molecule has 0 saturated carbocycles. The summed E-state index contributed by atoms with van der Waals surface area (Å²) in [6.45, 7) is 2.81. The Morgan fingerprint density at radius 3 is 2.74 bits per heavy atom. The van der Waals surface area contributed by atoms with Gasteiger partial charge >= 0.3 is 0 Å². The molecule has 0 spiro atoms. The van der Waals surface area contributed by atoms with Crippen LogP contribution in [0, 0.1) is 11.7 Å². The van der Waals surface area contributed by atoms with E-state index in [0.29, 0.717) is 18.8 Å². The molecule has 1 heterocycles. The number of nitrogens with one attached hydrogen (secondary N) is 2. The SMILES string of the molecule is Cl.O=C(CCc1ccc(F)cc1)NCC1CCNC1. The Bertz CT molecular complexity index is 391. The molecular weight excluding hydrogens is 267 g/mol. The van der Waals surface area contributed by atoms with Crippen molar-refractivity contribution in [3.8, 4) is 0 Å². The van der Waals surface area contributed by atoms with Gasteiger partial charge < -0.3 is 10.6 Å². The minimum Gasteiger partial charge on any atom is -0.356 e. The predicted octanol–water partition coefficient (Wildman–Crippen LogP) is 1.91. The number of rotatable bonds is 5. The molecule has 1 atom stereocenters. The van der Waals surface area contributed by atoms with E-state index in [1.165, 1.54) is 12.1 Å². The molecular formula is C14H20ClFN2O. The first-order valence-electron chi connectivity index (χ1n) is 6.46. The van der Waals surface area contributed by atoms with Crippen LogP contribution < -0.4 is 10.6 Å². The van der Waals surface area contributed by atoms with Crippen molar-refractivity contribution in [2.45, 2.75) is 19.3 Å². The molecule has 1 aromatic rings. The van der Waals surface area contributed by atoms with Gasteiger partial charge in [-0.3, -0.25) is 4.79 Å². The van der Waals surface area contributed by atoms with Crippen LogP contribution >= 0.6 is 12.4 Å². The van der Waals surface area contributed by atoms with Crippen LogP contribution in [0.5, 0.6) is 0 Å². The normalized spacial score (nSPS) is 17.8. The van der Waals surface area contributed by atoms with E-state index in [1.807, 2.05) is 0 Å².